The van der Waals surface area contributed by atoms with Crippen molar-refractivity contribution in [1.29, 1.82) is 0 Å². The van der Waals surface area contributed by atoms with Gasteiger partial charge in [-0.15, -0.1) is 0 Å². The average molecular weight is 459 g/mol. The maximum absolute atomic E-state index is 12.4. The minimum absolute atomic E-state index is 0.153. The summed E-state index contributed by atoms with van der Waals surface area (Å²) < 4.78 is 0.986. The molecule has 1 amide bonds. The van der Waals surface area contributed by atoms with Crippen LogP contribution in [0.2, 0.25) is 0 Å². The molecule has 2 N–H and O–H groups in total. The molecular formula is C21H18INO3. The van der Waals surface area contributed by atoms with Crippen molar-refractivity contribution in [2.75, 3.05) is 0 Å². The molecule has 1 atom stereocenters. The van der Waals surface area contributed by atoms with Crippen molar-refractivity contribution in [3.63, 3.8) is 0 Å². The number of amides is 1. The summed E-state index contributed by atoms with van der Waals surface area (Å²) in [5.41, 5.74) is 1.77. The molecule has 0 spiro atoms. The van der Waals surface area contributed by atoms with Crippen molar-refractivity contribution in [1.82, 2.24) is 5.32 Å². The van der Waals surface area contributed by atoms with E-state index in [-0.39, 0.29) is 18.7 Å². The molecule has 0 aliphatic heterocycles. The van der Waals surface area contributed by atoms with E-state index in [1.165, 1.54) is 0 Å². The van der Waals surface area contributed by atoms with E-state index >= 15 is 0 Å². The Kier molecular flexibility index (Phi) is 5.88. The molecule has 0 bridgehead atoms. The van der Waals surface area contributed by atoms with E-state index < -0.39 is 12.0 Å². The van der Waals surface area contributed by atoms with Gasteiger partial charge in [-0.3, -0.25) is 4.79 Å². The molecule has 5 heteroatoms. The summed E-state index contributed by atoms with van der Waals surface area (Å²) in [6, 6.07) is 20.4. The van der Waals surface area contributed by atoms with Crippen LogP contribution in [-0.2, 0) is 22.4 Å². The number of carbonyl (C=O) groups excluding carboxylic acids is 1. The van der Waals surface area contributed by atoms with Crippen molar-refractivity contribution in [2.45, 2.75) is 18.9 Å². The van der Waals surface area contributed by atoms with Gasteiger partial charge in [-0.05, 0) is 50.6 Å². The van der Waals surface area contributed by atoms with Gasteiger partial charge in [0, 0.05) is 9.99 Å². The lowest BCUT2D eigenvalue weighted by Gasteiger charge is -2.15. The molecule has 0 saturated carbocycles. The first-order valence-corrected chi connectivity index (χ1v) is 9.34. The third-order valence-electron chi connectivity index (χ3n) is 4.19. The zero-order valence-electron chi connectivity index (χ0n) is 14.0. The number of carboxylic acid groups (broad SMARTS) is 1. The van der Waals surface area contributed by atoms with E-state index in [9.17, 15) is 14.7 Å². The lowest BCUT2D eigenvalue weighted by atomic mass is 10.0. The summed E-state index contributed by atoms with van der Waals surface area (Å²) in [5, 5.41) is 14.3. The van der Waals surface area contributed by atoms with Crippen LogP contribution in [0.25, 0.3) is 10.8 Å². The zero-order valence-corrected chi connectivity index (χ0v) is 16.1. The number of aliphatic carboxylic acids is 1. The van der Waals surface area contributed by atoms with Gasteiger partial charge in [-0.25, -0.2) is 4.79 Å². The molecule has 3 rings (SSSR count). The molecule has 3 aromatic rings. The third kappa shape index (κ3) is 4.60. The predicted molar refractivity (Wildman–Crippen MR) is 110 cm³/mol. The van der Waals surface area contributed by atoms with Gasteiger partial charge in [-0.1, -0.05) is 60.7 Å². The van der Waals surface area contributed by atoms with Gasteiger partial charge in [0.2, 0.25) is 5.91 Å². The van der Waals surface area contributed by atoms with Crippen LogP contribution in [0.15, 0.2) is 66.7 Å². The number of hydrogen-bond acceptors (Lipinski definition) is 2. The van der Waals surface area contributed by atoms with Crippen molar-refractivity contribution in [3.05, 3.63) is 81.4 Å². The molecule has 0 aromatic heterocycles. The fourth-order valence-electron chi connectivity index (χ4n) is 2.86. The maximum Gasteiger partial charge on any atom is 0.326 e. The summed E-state index contributed by atoms with van der Waals surface area (Å²) in [4.78, 5) is 23.9. The Labute approximate surface area is 165 Å². The fourth-order valence-corrected chi connectivity index (χ4v) is 3.47. The van der Waals surface area contributed by atoms with E-state index in [1.54, 1.807) is 0 Å². The van der Waals surface area contributed by atoms with Crippen LogP contribution in [0.3, 0.4) is 0 Å². The van der Waals surface area contributed by atoms with Gasteiger partial charge in [0.15, 0.2) is 0 Å². The second kappa shape index (κ2) is 8.31. The van der Waals surface area contributed by atoms with Crippen LogP contribution in [0, 0.1) is 3.57 Å². The van der Waals surface area contributed by atoms with Crippen LogP contribution >= 0.6 is 22.6 Å². The molecule has 3 aromatic carbocycles. The monoisotopic (exact) mass is 459 g/mol. The average Bonchev–Trinajstić information content (AvgIpc) is 2.62. The quantitative estimate of drug-likeness (QED) is 0.552. The Morgan fingerprint density at radius 1 is 0.962 bits per heavy atom. The van der Waals surface area contributed by atoms with Crippen LogP contribution in [0.5, 0.6) is 0 Å². The number of carbonyl (C=O) groups is 2. The van der Waals surface area contributed by atoms with Crippen molar-refractivity contribution in [3.8, 4) is 0 Å². The van der Waals surface area contributed by atoms with Gasteiger partial charge in [0.1, 0.15) is 6.04 Å². The lowest BCUT2D eigenvalue weighted by molar-refractivity contribution is -0.141. The minimum Gasteiger partial charge on any atom is -0.480 e. The first-order chi connectivity index (χ1) is 12.5. The Hall–Kier alpha value is -2.41. The molecule has 0 aliphatic carbocycles. The van der Waals surface area contributed by atoms with E-state index in [1.807, 2.05) is 66.7 Å². The molecule has 132 valence electrons. The van der Waals surface area contributed by atoms with Gasteiger partial charge < -0.3 is 10.4 Å². The Bertz CT molecular complexity index is 955. The van der Waals surface area contributed by atoms with Gasteiger partial charge in [0.05, 0.1) is 6.42 Å². The normalized spacial score (nSPS) is 11.9. The number of fused-ring (bicyclic) bond motifs is 1. The highest BCUT2D eigenvalue weighted by Gasteiger charge is 2.21. The number of carboxylic acids is 1. The highest BCUT2D eigenvalue weighted by Crippen LogP contribution is 2.17. The Morgan fingerprint density at radius 2 is 1.65 bits per heavy atom. The number of halogens is 1. The standard InChI is InChI=1S/C21H18INO3/c22-18-8-4-3-7-17(18)13-19(21(25)26)23-20(24)12-14-9-10-15-5-1-2-6-16(15)11-14/h1-11,19H,12-13H2,(H,23,24)(H,25,26)/t19-/m1/s1. The topological polar surface area (TPSA) is 66.4 Å². The second-order valence-corrected chi connectivity index (χ2v) is 7.27. The van der Waals surface area contributed by atoms with Crippen molar-refractivity contribution >= 4 is 45.2 Å². The second-order valence-electron chi connectivity index (χ2n) is 6.11. The molecule has 0 saturated heterocycles. The number of rotatable bonds is 6. The van der Waals surface area contributed by atoms with Gasteiger partial charge in [-0.2, -0.15) is 0 Å². The summed E-state index contributed by atoms with van der Waals surface area (Å²) in [6.45, 7) is 0. The zero-order chi connectivity index (χ0) is 18.5. The van der Waals surface area contributed by atoms with E-state index in [0.717, 1.165) is 25.5 Å². The molecule has 0 fully saturated rings. The fraction of sp³-hybridized carbons (Fsp3) is 0.143. The number of nitrogens with one attached hydrogen (secondary N) is 1. The molecule has 0 radical (unpaired) electrons. The van der Waals surface area contributed by atoms with Crippen LogP contribution in [-0.4, -0.2) is 23.0 Å². The molecule has 0 heterocycles. The van der Waals surface area contributed by atoms with Gasteiger partial charge >= 0.3 is 5.97 Å². The molecule has 0 aliphatic rings. The Balaban J connectivity index is 1.69. The van der Waals surface area contributed by atoms with Crippen LogP contribution in [0.1, 0.15) is 11.1 Å². The first kappa shape index (κ1) is 18.4. The van der Waals surface area contributed by atoms with Crippen LogP contribution in [0.4, 0.5) is 0 Å². The molecule has 4 nitrogen and oxygen atoms in total. The molecular weight excluding hydrogens is 441 g/mol. The summed E-state index contributed by atoms with van der Waals surface area (Å²) in [5.74, 6) is -1.32. The largest absolute Gasteiger partial charge is 0.480 e. The van der Waals surface area contributed by atoms with E-state index in [2.05, 4.69) is 27.9 Å². The summed E-state index contributed by atoms with van der Waals surface area (Å²) in [6.07, 6.45) is 0.415. The van der Waals surface area contributed by atoms with Crippen molar-refractivity contribution < 1.29 is 14.7 Å². The van der Waals surface area contributed by atoms with E-state index in [0.29, 0.717) is 0 Å². The number of hydrogen-bond donors (Lipinski definition) is 2. The number of benzene rings is 3. The van der Waals surface area contributed by atoms with E-state index in [4.69, 9.17) is 0 Å². The lowest BCUT2D eigenvalue weighted by Crippen LogP contribution is -2.43. The SMILES string of the molecule is O=C(Cc1ccc2ccccc2c1)N[C@H](Cc1ccccc1I)C(=O)O. The van der Waals surface area contributed by atoms with Crippen molar-refractivity contribution in [2.24, 2.45) is 0 Å². The van der Waals surface area contributed by atoms with Crippen LogP contribution < -0.4 is 5.32 Å². The summed E-state index contributed by atoms with van der Waals surface area (Å²) in [7, 11) is 0. The minimum atomic E-state index is -1.03. The smallest absolute Gasteiger partial charge is 0.326 e. The maximum atomic E-state index is 12.4. The van der Waals surface area contributed by atoms with Gasteiger partial charge in [0.25, 0.3) is 0 Å². The highest BCUT2D eigenvalue weighted by molar-refractivity contribution is 14.1. The third-order valence-corrected chi connectivity index (χ3v) is 5.25. The highest BCUT2D eigenvalue weighted by atomic mass is 127. The molecule has 0 unspecified atom stereocenters. The predicted octanol–water partition coefficient (Wildman–Crippen LogP) is 3.80. The summed E-state index contributed by atoms with van der Waals surface area (Å²) >= 11 is 2.17. The molecule has 26 heavy (non-hydrogen) atoms. The Morgan fingerprint density at radius 3 is 2.38 bits per heavy atom. The first-order valence-electron chi connectivity index (χ1n) is 8.26.